The molecule has 1 aliphatic rings. The summed E-state index contributed by atoms with van der Waals surface area (Å²) >= 11 is 0. The van der Waals surface area contributed by atoms with Gasteiger partial charge in [0, 0.05) is 32.1 Å². The summed E-state index contributed by atoms with van der Waals surface area (Å²) in [6.07, 6.45) is 2.12. The van der Waals surface area contributed by atoms with Crippen molar-refractivity contribution < 1.29 is 17.9 Å². The van der Waals surface area contributed by atoms with Crippen molar-refractivity contribution in [1.82, 2.24) is 14.4 Å². The Morgan fingerprint density at radius 3 is 2.63 bits per heavy atom. The number of non-ortho nitro benzene ring substituents is 1. The van der Waals surface area contributed by atoms with Crippen molar-refractivity contribution >= 4 is 21.4 Å². The molecule has 10 nitrogen and oxygen atoms in total. The first-order valence-corrected chi connectivity index (χ1v) is 10.1. The van der Waals surface area contributed by atoms with Crippen molar-refractivity contribution in [2.24, 2.45) is 0 Å². The Morgan fingerprint density at radius 2 is 2.07 bits per heavy atom. The second-order valence-electron chi connectivity index (χ2n) is 6.33. The Morgan fingerprint density at radius 1 is 1.37 bits per heavy atom. The van der Waals surface area contributed by atoms with Crippen molar-refractivity contribution in [3.8, 4) is 0 Å². The zero-order valence-electron chi connectivity index (χ0n) is 15.1. The van der Waals surface area contributed by atoms with Gasteiger partial charge in [-0.2, -0.15) is 9.29 Å². The monoisotopic (exact) mass is 395 g/mol. The van der Waals surface area contributed by atoms with Gasteiger partial charge in [-0.1, -0.05) is 12.1 Å². The smallest absolute Gasteiger partial charge is 0.270 e. The van der Waals surface area contributed by atoms with E-state index >= 15 is 0 Å². The van der Waals surface area contributed by atoms with Crippen LogP contribution in [0.15, 0.2) is 27.6 Å². The van der Waals surface area contributed by atoms with E-state index in [2.05, 4.69) is 15.5 Å². The number of nitrogens with zero attached hydrogens (tertiary/aromatic N) is 4. The highest BCUT2D eigenvalue weighted by Crippen LogP contribution is 2.33. The molecule has 1 aliphatic heterocycles. The number of aryl methyl sites for hydroxylation is 1. The molecule has 1 atom stereocenters. The summed E-state index contributed by atoms with van der Waals surface area (Å²) in [7, 11) is -3.85. The number of nitro groups is 1. The maximum atomic E-state index is 13.1. The van der Waals surface area contributed by atoms with Gasteiger partial charge in [-0.3, -0.25) is 10.1 Å². The van der Waals surface area contributed by atoms with Gasteiger partial charge in [0.05, 0.1) is 16.7 Å². The number of aromatic nitrogens is 2. The zero-order valence-corrected chi connectivity index (χ0v) is 15.9. The fraction of sp³-hybridized carbons (Fsp3) is 0.500. The molecule has 0 aliphatic carbocycles. The highest BCUT2D eigenvalue weighted by molar-refractivity contribution is 7.89. The third kappa shape index (κ3) is 3.93. The molecule has 11 heteroatoms. The van der Waals surface area contributed by atoms with Crippen LogP contribution in [0.4, 0.5) is 11.4 Å². The van der Waals surface area contributed by atoms with Crippen LogP contribution in [-0.2, 0) is 10.0 Å². The number of nitrogens with one attached hydrogen (secondary N) is 1. The number of anilines is 1. The minimum absolute atomic E-state index is 0.114. The first kappa shape index (κ1) is 19.2. The lowest BCUT2D eigenvalue weighted by molar-refractivity contribution is -0.385. The molecule has 1 N–H and O–H groups in total. The summed E-state index contributed by atoms with van der Waals surface area (Å²) in [4.78, 5) is 14.6. The van der Waals surface area contributed by atoms with Crippen LogP contribution < -0.4 is 5.32 Å². The summed E-state index contributed by atoms with van der Waals surface area (Å²) in [5, 5.41) is 18.2. The molecular weight excluding hydrogens is 374 g/mol. The Kier molecular flexibility index (Phi) is 5.42. The van der Waals surface area contributed by atoms with Crippen LogP contribution in [0.5, 0.6) is 0 Å². The fourth-order valence-electron chi connectivity index (χ4n) is 3.02. The fourth-order valence-corrected chi connectivity index (χ4v) is 4.71. The van der Waals surface area contributed by atoms with Crippen LogP contribution in [0, 0.1) is 17.0 Å². The number of hydrogen-bond donors (Lipinski definition) is 1. The summed E-state index contributed by atoms with van der Waals surface area (Å²) in [5.74, 6) is 0.803. The first-order chi connectivity index (χ1) is 12.8. The van der Waals surface area contributed by atoms with Gasteiger partial charge < -0.3 is 9.84 Å². The molecule has 2 heterocycles. The molecule has 1 unspecified atom stereocenters. The zero-order chi connectivity index (χ0) is 19.6. The third-order valence-corrected chi connectivity index (χ3v) is 6.39. The summed E-state index contributed by atoms with van der Waals surface area (Å²) in [6.45, 7) is 4.37. The minimum Gasteiger partial charge on any atom is -0.374 e. The largest absolute Gasteiger partial charge is 0.374 e. The molecule has 1 aromatic carbocycles. The molecule has 0 saturated carbocycles. The van der Waals surface area contributed by atoms with Gasteiger partial charge in [0.1, 0.15) is 4.90 Å². The van der Waals surface area contributed by atoms with Gasteiger partial charge in [-0.15, -0.1) is 0 Å². The molecule has 146 valence electrons. The molecule has 27 heavy (non-hydrogen) atoms. The van der Waals surface area contributed by atoms with E-state index in [9.17, 15) is 18.5 Å². The lowest BCUT2D eigenvalue weighted by Gasteiger charge is -2.21. The maximum Gasteiger partial charge on any atom is 0.270 e. The van der Waals surface area contributed by atoms with Gasteiger partial charge in [0.2, 0.25) is 15.9 Å². The van der Waals surface area contributed by atoms with Crippen molar-refractivity contribution in [1.29, 1.82) is 0 Å². The second-order valence-corrected chi connectivity index (χ2v) is 8.23. The average Bonchev–Trinajstić information content (AvgIpc) is 3.31. The van der Waals surface area contributed by atoms with Gasteiger partial charge in [-0.05, 0) is 25.3 Å². The Bertz CT molecular complexity index is 936. The van der Waals surface area contributed by atoms with E-state index in [4.69, 9.17) is 4.52 Å². The molecule has 1 saturated heterocycles. The van der Waals surface area contributed by atoms with E-state index in [1.54, 1.807) is 6.92 Å². The van der Waals surface area contributed by atoms with Gasteiger partial charge >= 0.3 is 0 Å². The van der Waals surface area contributed by atoms with E-state index < -0.39 is 21.0 Å². The highest BCUT2D eigenvalue weighted by Gasteiger charge is 2.31. The summed E-state index contributed by atoms with van der Waals surface area (Å²) in [5.41, 5.74) is 0.00331. The van der Waals surface area contributed by atoms with Crippen LogP contribution in [0.2, 0.25) is 0 Å². The predicted molar refractivity (Wildman–Crippen MR) is 96.8 cm³/mol. The Balaban J connectivity index is 2.02. The molecule has 1 fully saturated rings. The van der Waals surface area contributed by atoms with Crippen LogP contribution in [0.25, 0.3) is 0 Å². The standard InChI is InChI=1S/C16H21N5O5S/c1-3-13(16-17-11(2)26-19-16)18-14-7-6-12(21(22)23)10-15(14)27(24,25)20-8-4-5-9-20/h6-7,10,13,18H,3-5,8-9H2,1-2H3. The number of nitro benzene ring substituents is 1. The number of benzene rings is 1. The first-order valence-electron chi connectivity index (χ1n) is 8.68. The molecule has 3 rings (SSSR count). The number of sulfonamides is 1. The Labute approximate surface area is 156 Å². The van der Waals surface area contributed by atoms with Crippen molar-refractivity contribution in [3.05, 3.63) is 40.0 Å². The van der Waals surface area contributed by atoms with E-state index in [-0.39, 0.29) is 16.3 Å². The highest BCUT2D eigenvalue weighted by atomic mass is 32.2. The molecular formula is C16H21N5O5S. The van der Waals surface area contributed by atoms with Crippen molar-refractivity contribution in [2.45, 2.75) is 44.0 Å². The molecule has 0 radical (unpaired) electrons. The summed E-state index contributed by atoms with van der Waals surface area (Å²) in [6, 6.07) is 3.40. The number of rotatable bonds is 7. The maximum absolute atomic E-state index is 13.1. The normalized spacial score (nSPS) is 16.4. The molecule has 0 amide bonds. The van der Waals surface area contributed by atoms with Gasteiger partial charge in [0.15, 0.2) is 5.82 Å². The van der Waals surface area contributed by atoms with Crippen molar-refractivity contribution in [2.75, 3.05) is 18.4 Å². The third-order valence-electron chi connectivity index (χ3n) is 4.45. The van der Waals surface area contributed by atoms with Crippen LogP contribution >= 0.6 is 0 Å². The van der Waals surface area contributed by atoms with Gasteiger partial charge in [-0.25, -0.2) is 8.42 Å². The molecule has 0 spiro atoms. The topological polar surface area (TPSA) is 131 Å². The van der Waals surface area contributed by atoms with E-state index in [0.29, 0.717) is 31.2 Å². The number of hydrogen-bond acceptors (Lipinski definition) is 8. The Hall–Kier alpha value is -2.53. The van der Waals surface area contributed by atoms with Gasteiger partial charge in [0.25, 0.3) is 5.69 Å². The minimum atomic E-state index is -3.85. The summed E-state index contributed by atoms with van der Waals surface area (Å²) < 4.78 is 32.5. The lowest BCUT2D eigenvalue weighted by atomic mass is 10.2. The lowest BCUT2D eigenvalue weighted by Crippen LogP contribution is -2.29. The van der Waals surface area contributed by atoms with E-state index in [1.807, 2.05) is 6.92 Å². The molecule has 1 aromatic heterocycles. The molecule has 2 aromatic rings. The quantitative estimate of drug-likeness (QED) is 0.559. The second kappa shape index (κ2) is 7.61. The van der Waals surface area contributed by atoms with Crippen LogP contribution in [0.3, 0.4) is 0 Å². The van der Waals surface area contributed by atoms with E-state index in [1.165, 1.54) is 16.4 Å². The van der Waals surface area contributed by atoms with Crippen LogP contribution in [-0.4, -0.2) is 40.9 Å². The van der Waals surface area contributed by atoms with Crippen LogP contribution in [0.1, 0.15) is 43.9 Å². The predicted octanol–water partition coefficient (Wildman–Crippen LogP) is 2.63. The SMILES string of the molecule is CCC(Nc1ccc([N+](=O)[O-])cc1S(=O)(=O)N1CCCC1)c1noc(C)n1. The molecule has 0 bridgehead atoms. The van der Waals surface area contributed by atoms with Crippen molar-refractivity contribution in [3.63, 3.8) is 0 Å². The van der Waals surface area contributed by atoms with E-state index in [0.717, 1.165) is 18.9 Å². The average molecular weight is 395 g/mol.